The minimum Gasteiger partial charge on any atom is -0.481 e. The summed E-state index contributed by atoms with van der Waals surface area (Å²) in [5.74, 6) is 0.858. The van der Waals surface area contributed by atoms with Crippen LogP contribution in [0.3, 0.4) is 0 Å². The van der Waals surface area contributed by atoms with Crippen molar-refractivity contribution < 1.29 is 9.53 Å². The molecule has 2 rings (SSSR count). The lowest BCUT2D eigenvalue weighted by Gasteiger charge is -2.21. The summed E-state index contributed by atoms with van der Waals surface area (Å²) in [5.41, 5.74) is 1.27. The van der Waals surface area contributed by atoms with Gasteiger partial charge >= 0.3 is 0 Å². The first-order valence-electron chi connectivity index (χ1n) is 7.82. The van der Waals surface area contributed by atoms with Crippen molar-refractivity contribution in [2.45, 2.75) is 45.3 Å². The van der Waals surface area contributed by atoms with Gasteiger partial charge in [-0.25, -0.2) is 0 Å². The highest BCUT2D eigenvalue weighted by molar-refractivity contribution is 5.81. The molecule has 1 heterocycles. The molecule has 21 heavy (non-hydrogen) atoms. The van der Waals surface area contributed by atoms with Crippen LogP contribution in [0.5, 0.6) is 5.75 Å². The monoisotopic (exact) mass is 290 g/mol. The maximum Gasteiger partial charge on any atom is 0.263 e. The Balaban J connectivity index is 1.88. The van der Waals surface area contributed by atoms with Gasteiger partial charge in [-0.05, 0) is 57.9 Å². The number of nitrogens with one attached hydrogen (secondary N) is 1. The van der Waals surface area contributed by atoms with Gasteiger partial charge in [0, 0.05) is 19.1 Å². The van der Waals surface area contributed by atoms with Crippen molar-refractivity contribution in [3.8, 4) is 5.75 Å². The fraction of sp³-hybridized carbons (Fsp3) is 0.588. The Bertz CT molecular complexity index is 452. The van der Waals surface area contributed by atoms with E-state index in [0.29, 0.717) is 6.04 Å². The van der Waals surface area contributed by atoms with Crippen molar-refractivity contribution in [3.63, 3.8) is 0 Å². The highest BCUT2D eigenvalue weighted by Crippen LogP contribution is 2.17. The van der Waals surface area contributed by atoms with Crippen molar-refractivity contribution in [1.29, 1.82) is 0 Å². The first-order valence-corrected chi connectivity index (χ1v) is 7.82. The van der Waals surface area contributed by atoms with Crippen LogP contribution in [0.25, 0.3) is 0 Å². The lowest BCUT2D eigenvalue weighted by Crippen LogP contribution is -2.38. The zero-order valence-electron chi connectivity index (χ0n) is 13.3. The summed E-state index contributed by atoms with van der Waals surface area (Å²) < 4.78 is 5.77. The van der Waals surface area contributed by atoms with Crippen LogP contribution < -0.4 is 10.1 Å². The van der Waals surface area contributed by atoms with Gasteiger partial charge in [0.15, 0.2) is 6.10 Å². The standard InChI is InChI=1S/C17H26N2O2/c1-13(18-3)12-15-6-8-16(9-7-15)21-14(2)17(20)19-10-4-5-11-19/h6-9,13-14,18H,4-5,10-12H2,1-3H3. The first-order chi connectivity index (χ1) is 10.1. The predicted molar refractivity (Wildman–Crippen MR) is 84.6 cm³/mol. The fourth-order valence-electron chi connectivity index (χ4n) is 2.61. The van der Waals surface area contributed by atoms with E-state index in [1.54, 1.807) is 0 Å². The molecule has 0 aromatic heterocycles. The second kappa shape index (κ2) is 7.46. The second-order valence-electron chi connectivity index (χ2n) is 5.83. The van der Waals surface area contributed by atoms with Gasteiger partial charge in [0.05, 0.1) is 0 Å². The number of likely N-dealkylation sites (N-methyl/N-ethyl adjacent to an activating group) is 1. The molecule has 116 valence electrons. The normalized spacial score (nSPS) is 17.6. The molecule has 0 radical (unpaired) electrons. The van der Waals surface area contributed by atoms with Gasteiger partial charge in [-0.3, -0.25) is 4.79 Å². The Kier molecular flexibility index (Phi) is 5.62. The van der Waals surface area contributed by atoms with Crippen LogP contribution in [-0.4, -0.2) is 43.1 Å². The van der Waals surface area contributed by atoms with Crippen molar-refractivity contribution >= 4 is 5.91 Å². The molecule has 0 bridgehead atoms. The van der Waals surface area contributed by atoms with Crippen molar-refractivity contribution in [2.24, 2.45) is 0 Å². The number of hydrogen-bond acceptors (Lipinski definition) is 3. The molecule has 0 saturated carbocycles. The molecule has 0 aliphatic carbocycles. The van der Waals surface area contributed by atoms with Gasteiger partial charge in [0.2, 0.25) is 0 Å². The molecule has 1 N–H and O–H groups in total. The van der Waals surface area contributed by atoms with E-state index in [1.807, 2.05) is 31.0 Å². The Morgan fingerprint density at radius 1 is 1.24 bits per heavy atom. The minimum absolute atomic E-state index is 0.0976. The smallest absolute Gasteiger partial charge is 0.263 e. The van der Waals surface area contributed by atoms with E-state index in [-0.39, 0.29) is 5.91 Å². The average Bonchev–Trinajstić information content (AvgIpc) is 3.02. The summed E-state index contributed by atoms with van der Waals surface area (Å²) in [6, 6.07) is 8.48. The topological polar surface area (TPSA) is 41.6 Å². The molecule has 0 spiro atoms. The number of nitrogens with zero attached hydrogens (tertiary/aromatic N) is 1. The Morgan fingerprint density at radius 3 is 2.43 bits per heavy atom. The predicted octanol–water partition coefficient (Wildman–Crippen LogP) is 2.23. The van der Waals surface area contributed by atoms with E-state index in [2.05, 4.69) is 24.4 Å². The van der Waals surface area contributed by atoms with E-state index in [0.717, 1.165) is 38.1 Å². The molecule has 1 aliphatic rings. The third-order valence-electron chi connectivity index (χ3n) is 4.04. The fourth-order valence-corrected chi connectivity index (χ4v) is 2.61. The molecule has 2 unspecified atom stereocenters. The summed E-state index contributed by atoms with van der Waals surface area (Å²) in [7, 11) is 1.97. The van der Waals surface area contributed by atoms with Crippen LogP contribution in [0.2, 0.25) is 0 Å². The molecule has 1 aliphatic heterocycles. The zero-order chi connectivity index (χ0) is 15.2. The molecule has 1 fully saturated rings. The third-order valence-corrected chi connectivity index (χ3v) is 4.04. The number of hydrogen-bond donors (Lipinski definition) is 1. The quantitative estimate of drug-likeness (QED) is 0.873. The molecule has 1 saturated heterocycles. The molecular formula is C17H26N2O2. The van der Waals surface area contributed by atoms with E-state index in [9.17, 15) is 4.79 Å². The van der Waals surface area contributed by atoms with Crippen LogP contribution in [0.4, 0.5) is 0 Å². The number of carbonyl (C=O) groups is 1. The van der Waals surface area contributed by atoms with Crippen LogP contribution in [0, 0.1) is 0 Å². The van der Waals surface area contributed by atoms with Gasteiger partial charge in [0.1, 0.15) is 5.75 Å². The number of benzene rings is 1. The zero-order valence-corrected chi connectivity index (χ0v) is 13.3. The Hall–Kier alpha value is -1.55. The Labute approximate surface area is 127 Å². The van der Waals surface area contributed by atoms with Crippen LogP contribution in [0.15, 0.2) is 24.3 Å². The van der Waals surface area contributed by atoms with Crippen LogP contribution >= 0.6 is 0 Å². The van der Waals surface area contributed by atoms with Gasteiger partial charge in [-0.1, -0.05) is 12.1 Å². The summed E-state index contributed by atoms with van der Waals surface area (Å²) in [6.45, 7) is 5.72. The number of carbonyl (C=O) groups excluding carboxylic acids is 1. The van der Waals surface area contributed by atoms with E-state index >= 15 is 0 Å². The highest BCUT2D eigenvalue weighted by atomic mass is 16.5. The summed E-state index contributed by atoms with van der Waals surface area (Å²) >= 11 is 0. The number of ether oxygens (including phenoxy) is 1. The lowest BCUT2D eigenvalue weighted by atomic mass is 10.1. The van der Waals surface area contributed by atoms with Crippen LogP contribution in [-0.2, 0) is 11.2 Å². The maximum absolute atomic E-state index is 12.2. The molecular weight excluding hydrogens is 264 g/mol. The first kappa shape index (κ1) is 15.8. The van der Waals surface area contributed by atoms with Gasteiger partial charge in [0.25, 0.3) is 5.91 Å². The van der Waals surface area contributed by atoms with E-state index in [4.69, 9.17) is 4.74 Å². The Morgan fingerprint density at radius 2 is 1.86 bits per heavy atom. The maximum atomic E-state index is 12.2. The number of likely N-dealkylation sites (tertiary alicyclic amines) is 1. The largest absolute Gasteiger partial charge is 0.481 e. The van der Waals surface area contributed by atoms with Gasteiger partial charge in [-0.2, -0.15) is 0 Å². The van der Waals surface area contributed by atoms with Crippen LogP contribution in [0.1, 0.15) is 32.3 Å². The van der Waals surface area contributed by atoms with Crippen molar-refractivity contribution in [2.75, 3.05) is 20.1 Å². The third kappa shape index (κ3) is 4.46. The van der Waals surface area contributed by atoms with Gasteiger partial charge in [-0.15, -0.1) is 0 Å². The molecule has 2 atom stereocenters. The number of amides is 1. The number of rotatable bonds is 6. The average molecular weight is 290 g/mol. The highest BCUT2D eigenvalue weighted by Gasteiger charge is 2.24. The molecule has 4 heteroatoms. The lowest BCUT2D eigenvalue weighted by molar-refractivity contribution is -0.136. The SMILES string of the molecule is CNC(C)Cc1ccc(OC(C)C(=O)N2CCCC2)cc1. The summed E-state index contributed by atoms with van der Waals surface area (Å²) in [4.78, 5) is 14.1. The molecule has 1 amide bonds. The molecule has 1 aromatic rings. The second-order valence-corrected chi connectivity index (χ2v) is 5.83. The summed E-state index contributed by atoms with van der Waals surface area (Å²) in [6.07, 6.45) is 2.79. The molecule has 4 nitrogen and oxygen atoms in total. The van der Waals surface area contributed by atoms with Gasteiger partial charge < -0.3 is 15.0 Å². The van der Waals surface area contributed by atoms with E-state index < -0.39 is 6.10 Å². The summed E-state index contributed by atoms with van der Waals surface area (Å²) in [5, 5.41) is 3.22. The van der Waals surface area contributed by atoms with E-state index in [1.165, 1.54) is 5.56 Å². The van der Waals surface area contributed by atoms with Crippen molar-refractivity contribution in [3.05, 3.63) is 29.8 Å². The van der Waals surface area contributed by atoms with Crippen molar-refractivity contribution in [1.82, 2.24) is 10.2 Å². The minimum atomic E-state index is -0.412. The molecule has 1 aromatic carbocycles.